The molecular weight excluding hydrogens is 385 g/mol. The largest absolute Gasteiger partial charge is 0.417 e. The van der Waals surface area contributed by atoms with Gasteiger partial charge in [0.2, 0.25) is 5.91 Å². The van der Waals surface area contributed by atoms with E-state index < -0.39 is 23.2 Å². The number of amides is 2. The smallest absolute Gasteiger partial charge is 0.337 e. The number of piperazine rings is 1. The Hall–Kier alpha value is -2.60. The first kappa shape index (κ1) is 21.1. The van der Waals surface area contributed by atoms with Gasteiger partial charge in [-0.15, -0.1) is 0 Å². The number of nitrogens with zero attached hydrogens (tertiary/aromatic N) is 3. The van der Waals surface area contributed by atoms with Gasteiger partial charge in [-0.2, -0.15) is 18.4 Å². The van der Waals surface area contributed by atoms with Crippen molar-refractivity contribution in [1.29, 1.82) is 5.26 Å². The van der Waals surface area contributed by atoms with Crippen LogP contribution in [0.5, 0.6) is 0 Å². The van der Waals surface area contributed by atoms with Crippen molar-refractivity contribution in [2.45, 2.75) is 31.5 Å². The van der Waals surface area contributed by atoms with Crippen molar-refractivity contribution >= 4 is 11.8 Å². The van der Waals surface area contributed by atoms with E-state index in [-0.39, 0.29) is 37.0 Å². The SMILES string of the molecule is CC(C#N)(NC(=O)CN1CCN(C(=O)c2ccccc2C(F)(F)F)CC1)C1CC1. The van der Waals surface area contributed by atoms with E-state index in [4.69, 9.17) is 0 Å². The second-order valence-corrected chi connectivity index (χ2v) is 7.75. The van der Waals surface area contributed by atoms with E-state index >= 15 is 0 Å². The number of carbonyl (C=O) groups excluding carboxylic acids is 2. The fourth-order valence-corrected chi connectivity index (χ4v) is 3.61. The molecule has 6 nitrogen and oxygen atoms in total. The Morgan fingerprint density at radius 3 is 2.34 bits per heavy atom. The van der Waals surface area contributed by atoms with Gasteiger partial charge < -0.3 is 10.2 Å². The molecule has 1 unspecified atom stereocenters. The number of benzene rings is 1. The number of carbonyl (C=O) groups is 2. The van der Waals surface area contributed by atoms with Crippen LogP contribution in [-0.4, -0.2) is 59.9 Å². The lowest BCUT2D eigenvalue weighted by Crippen LogP contribution is -2.54. The van der Waals surface area contributed by atoms with E-state index in [1.165, 1.54) is 23.1 Å². The van der Waals surface area contributed by atoms with E-state index in [0.717, 1.165) is 18.9 Å². The molecule has 1 aliphatic heterocycles. The molecule has 1 saturated heterocycles. The summed E-state index contributed by atoms with van der Waals surface area (Å²) < 4.78 is 39.5. The second kappa shape index (κ2) is 8.03. The van der Waals surface area contributed by atoms with E-state index in [9.17, 15) is 28.0 Å². The summed E-state index contributed by atoms with van der Waals surface area (Å²) in [5.41, 5.74) is -2.17. The number of halogens is 3. The van der Waals surface area contributed by atoms with Crippen molar-refractivity contribution in [3.8, 4) is 6.07 Å². The van der Waals surface area contributed by atoms with Crippen LogP contribution in [0.25, 0.3) is 0 Å². The lowest BCUT2D eigenvalue weighted by atomic mass is 9.98. The molecule has 2 fully saturated rings. The number of rotatable bonds is 5. The van der Waals surface area contributed by atoms with Crippen molar-refractivity contribution in [3.63, 3.8) is 0 Å². The molecule has 1 aromatic rings. The maximum atomic E-state index is 13.2. The van der Waals surface area contributed by atoms with Crippen LogP contribution in [0.3, 0.4) is 0 Å². The third-order valence-corrected chi connectivity index (χ3v) is 5.51. The Bertz CT molecular complexity index is 824. The Morgan fingerprint density at radius 1 is 1.17 bits per heavy atom. The van der Waals surface area contributed by atoms with Crippen molar-refractivity contribution in [2.24, 2.45) is 5.92 Å². The van der Waals surface area contributed by atoms with Crippen LogP contribution in [0.1, 0.15) is 35.7 Å². The first-order valence-electron chi connectivity index (χ1n) is 9.54. The number of nitriles is 1. The van der Waals surface area contributed by atoms with E-state index in [1.54, 1.807) is 6.92 Å². The van der Waals surface area contributed by atoms with Crippen molar-refractivity contribution in [1.82, 2.24) is 15.1 Å². The van der Waals surface area contributed by atoms with Gasteiger partial charge in [0.05, 0.1) is 23.7 Å². The molecular formula is C20H23F3N4O2. The van der Waals surface area contributed by atoms with Crippen LogP contribution in [0, 0.1) is 17.2 Å². The Balaban J connectivity index is 1.55. The molecule has 156 valence electrons. The van der Waals surface area contributed by atoms with Gasteiger partial charge in [-0.3, -0.25) is 14.5 Å². The summed E-state index contributed by atoms with van der Waals surface area (Å²) in [4.78, 5) is 28.1. The summed E-state index contributed by atoms with van der Waals surface area (Å²) in [6, 6.07) is 6.93. The molecule has 29 heavy (non-hydrogen) atoms. The molecule has 1 atom stereocenters. The first-order chi connectivity index (χ1) is 13.6. The van der Waals surface area contributed by atoms with Gasteiger partial charge in [-0.1, -0.05) is 12.1 Å². The average molecular weight is 408 g/mol. The summed E-state index contributed by atoms with van der Waals surface area (Å²) in [6.07, 6.45) is -2.75. The zero-order valence-corrected chi connectivity index (χ0v) is 16.1. The Morgan fingerprint density at radius 2 is 1.79 bits per heavy atom. The van der Waals surface area contributed by atoms with Gasteiger partial charge >= 0.3 is 6.18 Å². The van der Waals surface area contributed by atoms with Crippen LogP contribution < -0.4 is 5.32 Å². The van der Waals surface area contributed by atoms with Crippen LogP contribution in [0.15, 0.2) is 24.3 Å². The van der Waals surface area contributed by atoms with Crippen LogP contribution in [-0.2, 0) is 11.0 Å². The quantitative estimate of drug-likeness (QED) is 0.811. The summed E-state index contributed by atoms with van der Waals surface area (Å²) in [5.74, 6) is -0.740. The third-order valence-electron chi connectivity index (χ3n) is 5.51. The monoisotopic (exact) mass is 408 g/mol. The van der Waals surface area contributed by atoms with E-state index in [0.29, 0.717) is 13.1 Å². The molecule has 1 heterocycles. The normalized spacial score (nSPS) is 19.9. The molecule has 1 aromatic carbocycles. The van der Waals surface area contributed by atoms with E-state index in [1.807, 2.05) is 4.90 Å². The first-order valence-corrected chi connectivity index (χ1v) is 9.54. The zero-order chi connectivity index (χ0) is 21.2. The highest BCUT2D eigenvalue weighted by Gasteiger charge is 2.43. The van der Waals surface area contributed by atoms with Crippen molar-refractivity contribution < 1.29 is 22.8 Å². The maximum Gasteiger partial charge on any atom is 0.417 e. The minimum Gasteiger partial charge on any atom is -0.337 e. The minimum atomic E-state index is -4.60. The Kier molecular flexibility index (Phi) is 5.85. The highest BCUT2D eigenvalue weighted by Crippen LogP contribution is 2.39. The molecule has 0 spiro atoms. The molecule has 2 aliphatic rings. The third kappa shape index (κ3) is 4.88. The molecule has 1 aliphatic carbocycles. The highest BCUT2D eigenvalue weighted by molar-refractivity contribution is 5.96. The van der Waals surface area contributed by atoms with Crippen molar-refractivity contribution in [2.75, 3.05) is 32.7 Å². The summed E-state index contributed by atoms with van der Waals surface area (Å²) >= 11 is 0. The van der Waals surface area contributed by atoms with Crippen molar-refractivity contribution in [3.05, 3.63) is 35.4 Å². The number of nitrogens with one attached hydrogen (secondary N) is 1. The second-order valence-electron chi connectivity index (χ2n) is 7.75. The average Bonchev–Trinajstić information content (AvgIpc) is 3.53. The maximum absolute atomic E-state index is 13.2. The predicted octanol–water partition coefficient (Wildman–Crippen LogP) is 2.27. The topological polar surface area (TPSA) is 76.4 Å². The van der Waals surface area contributed by atoms with Crippen LogP contribution >= 0.6 is 0 Å². The van der Waals surface area contributed by atoms with Gasteiger partial charge in [0.15, 0.2) is 0 Å². The summed E-state index contributed by atoms with van der Waals surface area (Å²) in [7, 11) is 0. The molecule has 2 amide bonds. The summed E-state index contributed by atoms with van der Waals surface area (Å²) in [5, 5.41) is 12.1. The predicted molar refractivity (Wildman–Crippen MR) is 98.7 cm³/mol. The molecule has 9 heteroatoms. The van der Waals surface area contributed by atoms with Gasteiger partial charge in [-0.05, 0) is 37.8 Å². The molecule has 0 aromatic heterocycles. The van der Waals surface area contributed by atoms with E-state index in [2.05, 4.69) is 11.4 Å². The fraction of sp³-hybridized carbons (Fsp3) is 0.550. The minimum absolute atomic E-state index is 0.0885. The molecule has 3 rings (SSSR count). The lowest BCUT2D eigenvalue weighted by molar-refractivity contribution is -0.138. The zero-order valence-electron chi connectivity index (χ0n) is 16.1. The van der Waals surface area contributed by atoms with Gasteiger partial charge in [-0.25, -0.2) is 0 Å². The van der Waals surface area contributed by atoms with Gasteiger partial charge in [0, 0.05) is 26.2 Å². The van der Waals surface area contributed by atoms with Crippen LogP contribution in [0.4, 0.5) is 13.2 Å². The van der Waals surface area contributed by atoms with Crippen LogP contribution in [0.2, 0.25) is 0 Å². The molecule has 1 saturated carbocycles. The fourth-order valence-electron chi connectivity index (χ4n) is 3.61. The molecule has 1 N–H and O–H groups in total. The summed E-state index contributed by atoms with van der Waals surface area (Å²) in [6.45, 7) is 3.02. The number of alkyl halides is 3. The number of hydrogen-bond donors (Lipinski definition) is 1. The van der Waals surface area contributed by atoms with Gasteiger partial charge in [0.25, 0.3) is 5.91 Å². The lowest BCUT2D eigenvalue weighted by Gasteiger charge is -2.35. The molecule has 0 bridgehead atoms. The Labute approximate surface area is 167 Å². The molecule has 0 radical (unpaired) electrons. The standard InChI is InChI=1S/C20H23F3N4O2/c1-19(13-24,14-6-7-14)25-17(28)12-26-8-10-27(11-9-26)18(29)15-4-2-3-5-16(15)20(21,22)23/h2-5,14H,6-12H2,1H3,(H,25,28). The highest BCUT2D eigenvalue weighted by atomic mass is 19.4. The van der Waals surface area contributed by atoms with Gasteiger partial charge in [0.1, 0.15) is 5.54 Å². The number of hydrogen-bond acceptors (Lipinski definition) is 4.